The van der Waals surface area contributed by atoms with Crippen molar-refractivity contribution in [1.29, 1.82) is 0 Å². The summed E-state index contributed by atoms with van der Waals surface area (Å²) in [7, 11) is 0. The van der Waals surface area contributed by atoms with Gasteiger partial charge in [0.05, 0.1) is 4.92 Å². The SMILES string of the molecule is Cc1cccc(COc2ccc(C=C[N+](=O)[O-])cc2)c1. The van der Waals surface area contributed by atoms with Gasteiger partial charge >= 0.3 is 0 Å². The lowest BCUT2D eigenvalue weighted by Gasteiger charge is -2.07. The fraction of sp³-hybridized carbons (Fsp3) is 0.125. The summed E-state index contributed by atoms with van der Waals surface area (Å²) >= 11 is 0. The monoisotopic (exact) mass is 269 g/mol. The number of nitro groups is 1. The highest BCUT2D eigenvalue weighted by molar-refractivity contribution is 5.49. The first-order chi connectivity index (χ1) is 9.63. The number of nitrogens with zero attached hydrogens (tertiary/aromatic N) is 1. The molecule has 0 atom stereocenters. The topological polar surface area (TPSA) is 52.4 Å². The summed E-state index contributed by atoms with van der Waals surface area (Å²) in [5.74, 6) is 0.741. The van der Waals surface area contributed by atoms with E-state index in [1.807, 2.05) is 25.1 Å². The van der Waals surface area contributed by atoms with Crippen LogP contribution in [0.4, 0.5) is 0 Å². The molecule has 0 amide bonds. The van der Waals surface area contributed by atoms with Crippen LogP contribution < -0.4 is 4.74 Å². The molecule has 0 bridgehead atoms. The first kappa shape index (κ1) is 13.8. The molecule has 0 aliphatic rings. The maximum Gasteiger partial charge on any atom is 0.235 e. The molecule has 0 aromatic heterocycles. The number of rotatable bonds is 5. The lowest BCUT2D eigenvalue weighted by molar-refractivity contribution is -0.400. The summed E-state index contributed by atoms with van der Waals surface area (Å²) in [4.78, 5) is 9.74. The Hall–Kier alpha value is -2.62. The van der Waals surface area contributed by atoms with Crippen LogP contribution in [0.3, 0.4) is 0 Å². The molecule has 0 radical (unpaired) electrons. The quantitative estimate of drug-likeness (QED) is 0.612. The molecule has 0 fully saturated rings. The van der Waals surface area contributed by atoms with E-state index < -0.39 is 4.92 Å². The van der Waals surface area contributed by atoms with Gasteiger partial charge in [0.15, 0.2) is 0 Å². The summed E-state index contributed by atoms with van der Waals surface area (Å²) in [6, 6.07) is 15.3. The van der Waals surface area contributed by atoms with Crippen molar-refractivity contribution < 1.29 is 9.66 Å². The average Bonchev–Trinajstić information content (AvgIpc) is 2.44. The van der Waals surface area contributed by atoms with E-state index in [0.29, 0.717) is 6.61 Å². The van der Waals surface area contributed by atoms with Crippen LogP contribution in [0.2, 0.25) is 0 Å². The molecule has 0 N–H and O–H groups in total. The lowest BCUT2D eigenvalue weighted by atomic mass is 10.1. The highest BCUT2D eigenvalue weighted by Crippen LogP contribution is 2.15. The molecule has 4 heteroatoms. The standard InChI is InChI=1S/C16H15NO3/c1-13-3-2-4-15(11-13)12-20-16-7-5-14(6-8-16)9-10-17(18)19/h2-11H,12H2,1H3. The van der Waals surface area contributed by atoms with Crippen LogP contribution in [0.25, 0.3) is 6.08 Å². The van der Waals surface area contributed by atoms with Crippen molar-refractivity contribution in [1.82, 2.24) is 0 Å². The zero-order chi connectivity index (χ0) is 14.4. The Labute approximate surface area is 117 Å². The Morgan fingerprint density at radius 3 is 2.60 bits per heavy atom. The molecule has 0 heterocycles. The second-order valence-electron chi connectivity index (χ2n) is 4.45. The van der Waals surface area contributed by atoms with E-state index >= 15 is 0 Å². The van der Waals surface area contributed by atoms with E-state index in [9.17, 15) is 10.1 Å². The number of hydrogen-bond acceptors (Lipinski definition) is 3. The Bertz CT molecular complexity index is 618. The van der Waals surface area contributed by atoms with Crippen LogP contribution in [0.5, 0.6) is 5.75 Å². The maximum absolute atomic E-state index is 10.2. The highest BCUT2D eigenvalue weighted by atomic mass is 16.6. The summed E-state index contributed by atoms with van der Waals surface area (Å²) in [6.07, 6.45) is 2.37. The van der Waals surface area contributed by atoms with Crippen molar-refractivity contribution in [3.63, 3.8) is 0 Å². The van der Waals surface area contributed by atoms with Gasteiger partial charge in [-0.1, -0.05) is 42.0 Å². The normalized spacial score (nSPS) is 10.7. The van der Waals surface area contributed by atoms with Gasteiger partial charge in [0.1, 0.15) is 12.4 Å². The largest absolute Gasteiger partial charge is 0.489 e. The van der Waals surface area contributed by atoms with Crippen molar-refractivity contribution in [2.75, 3.05) is 0 Å². The van der Waals surface area contributed by atoms with Crippen molar-refractivity contribution in [3.05, 3.63) is 81.5 Å². The second-order valence-corrected chi connectivity index (χ2v) is 4.45. The van der Waals surface area contributed by atoms with Crippen molar-refractivity contribution >= 4 is 6.08 Å². The van der Waals surface area contributed by atoms with Gasteiger partial charge in [0, 0.05) is 6.08 Å². The van der Waals surface area contributed by atoms with Crippen LogP contribution in [-0.2, 0) is 6.61 Å². The van der Waals surface area contributed by atoms with Gasteiger partial charge in [-0.05, 0) is 30.2 Å². The fourth-order valence-electron chi connectivity index (χ4n) is 1.79. The molecule has 2 rings (SSSR count). The molecule has 0 aliphatic carbocycles. The summed E-state index contributed by atoms with van der Waals surface area (Å²) in [5.41, 5.74) is 3.08. The molecular weight excluding hydrogens is 254 g/mol. The van der Waals surface area contributed by atoms with Gasteiger partial charge < -0.3 is 4.74 Å². The zero-order valence-electron chi connectivity index (χ0n) is 11.2. The molecule has 20 heavy (non-hydrogen) atoms. The van der Waals surface area contributed by atoms with E-state index in [2.05, 4.69) is 6.07 Å². The van der Waals surface area contributed by atoms with Crippen molar-refractivity contribution in [2.24, 2.45) is 0 Å². The highest BCUT2D eigenvalue weighted by Gasteiger charge is 1.97. The van der Waals surface area contributed by atoms with E-state index in [-0.39, 0.29) is 0 Å². The van der Waals surface area contributed by atoms with Gasteiger partial charge in [-0.15, -0.1) is 0 Å². The van der Waals surface area contributed by atoms with E-state index in [1.54, 1.807) is 24.3 Å². The Kier molecular flexibility index (Phi) is 4.50. The smallest absolute Gasteiger partial charge is 0.235 e. The maximum atomic E-state index is 10.2. The molecule has 0 unspecified atom stereocenters. The minimum Gasteiger partial charge on any atom is -0.489 e. The van der Waals surface area contributed by atoms with Crippen LogP contribution in [-0.4, -0.2) is 4.92 Å². The fourth-order valence-corrected chi connectivity index (χ4v) is 1.79. The van der Waals surface area contributed by atoms with Crippen LogP contribution in [0.1, 0.15) is 16.7 Å². The molecule has 2 aromatic rings. The van der Waals surface area contributed by atoms with Crippen molar-refractivity contribution in [2.45, 2.75) is 13.5 Å². The predicted molar refractivity (Wildman–Crippen MR) is 78.0 cm³/mol. The molecule has 4 nitrogen and oxygen atoms in total. The first-order valence-electron chi connectivity index (χ1n) is 6.23. The van der Waals surface area contributed by atoms with Gasteiger partial charge in [-0.3, -0.25) is 10.1 Å². The van der Waals surface area contributed by atoms with Crippen molar-refractivity contribution in [3.8, 4) is 5.75 Å². The third kappa shape index (κ3) is 4.24. The van der Waals surface area contributed by atoms with Gasteiger partial charge in [0.2, 0.25) is 6.20 Å². The molecule has 102 valence electrons. The number of ether oxygens (including phenoxy) is 1. The number of benzene rings is 2. The Balaban J connectivity index is 1.95. The average molecular weight is 269 g/mol. The molecule has 0 saturated carbocycles. The minimum absolute atomic E-state index is 0.484. The second kappa shape index (κ2) is 6.52. The number of aryl methyl sites for hydroxylation is 1. The zero-order valence-corrected chi connectivity index (χ0v) is 11.2. The molecule has 2 aromatic carbocycles. The summed E-state index contributed by atoms with van der Waals surface area (Å²) in [6.45, 7) is 2.55. The van der Waals surface area contributed by atoms with Crippen LogP contribution in [0.15, 0.2) is 54.7 Å². The number of hydrogen-bond donors (Lipinski definition) is 0. The van der Waals surface area contributed by atoms with E-state index in [0.717, 1.165) is 23.1 Å². The Morgan fingerprint density at radius 2 is 1.95 bits per heavy atom. The predicted octanol–water partition coefficient (Wildman–Crippen LogP) is 3.82. The van der Waals surface area contributed by atoms with Gasteiger partial charge in [-0.25, -0.2) is 0 Å². The summed E-state index contributed by atoms with van der Waals surface area (Å²) in [5, 5.41) is 10.2. The lowest BCUT2D eigenvalue weighted by Crippen LogP contribution is -1.95. The first-order valence-corrected chi connectivity index (χ1v) is 6.23. The van der Waals surface area contributed by atoms with Crippen LogP contribution in [0, 0.1) is 17.0 Å². The van der Waals surface area contributed by atoms with E-state index in [1.165, 1.54) is 11.6 Å². The third-order valence-corrected chi connectivity index (χ3v) is 2.76. The van der Waals surface area contributed by atoms with Gasteiger partial charge in [-0.2, -0.15) is 0 Å². The molecule has 0 aliphatic heterocycles. The molecular formula is C16H15NO3. The summed E-state index contributed by atoms with van der Waals surface area (Å²) < 4.78 is 5.67. The minimum atomic E-state index is -0.484. The molecule has 0 spiro atoms. The molecule has 0 saturated heterocycles. The third-order valence-electron chi connectivity index (χ3n) is 2.76. The van der Waals surface area contributed by atoms with Crippen LogP contribution >= 0.6 is 0 Å². The van der Waals surface area contributed by atoms with E-state index in [4.69, 9.17) is 4.74 Å². The van der Waals surface area contributed by atoms with Gasteiger partial charge in [0.25, 0.3) is 0 Å². The Morgan fingerprint density at radius 1 is 1.20 bits per heavy atom.